The first-order valence-corrected chi connectivity index (χ1v) is 6.12. The highest BCUT2D eigenvalue weighted by Gasteiger charge is 2.14. The molecule has 0 spiro atoms. The Morgan fingerprint density at radius 1 is 1.50 bits per heavy atom. The van der Waals surface area contributed by atoms with Crippen LogP contribution < -0.4 is 10.2 Å². The Kier molecular flexibility index (Phi) is 4.46. The Balaban J connectivity index is 1.92. The van der Waals surface area contributed by atoms with Crippen LogP contribution in [-0.2, 0) is 16.1 Å². The molecule has 1 aromatic heterocycles. The summed E-state index contributed by atoms with van der Waals surface area (Å²) in [5.41, 5.74) is 0. The van der Waals surface area contributed by atoms with E-state index in [0.717, 1.165) is 18.9 Å². The van der Waals surface area contributed by atoms with Gasteiger partial charge in [-0.25, -0.2) is 9.97 Å². The van der Waals surface area contributed by atoms with Crippen molar-refractivity contribution >= 4 is 11.7 Å². The predicted octanol–water partition coefficient (Wildman–Crippen LogP) is 0.339. The lowest BCUT2D eigenvalue weighted by Gasteiger charge is -2.16. The van der Waals surface area contributed by atoms with Crippen molar-refractivity contribution in [2.45, 2.75) is 19.4 Å². The number of hydrogen-bond donors (Lipinski definition) is 1. The minimum absolute atomic E-state index is 0.0613. The smallest absolute Gasteiger partial charge is 0.246 e. The normalized spacial score (nSPS) is 14.8. The molecule has 0 aromatic carbocycles. The number of carbonyl (C=O) groups is 1. The molecule has 18 heavy (non-hydrogen) atoms. The maximum atomic E-state index is 11.3. The molecular formula is C12H18N4O2. The number of aromatic nitrogens is 2. The number of anilines is 1. The molecule has 1 aliphatic rings. The van der Waals surface area contributed by atoms with Gasteiger partial charge in [0.25, 0.3) is 0 Å². The van der Waals surface area contributed by atoms with Crippen LogP contribution in [0, 0.1) is 0 Å². The molecule has 0 saturated carbocycles. The molecule has 0 bridgehead atoms. The molecule has 0 aliphatic carbocycles. The van der Waals surface area contributed by atoms with Gasteiger partial charge in [-0.05, 0) is 18.9 Å². The van der Waals surface area contributed by atoms with E-state index in [0.29, 0.717) is 12.4 Å². The van der Waals surface area contributed by atoms with Crippen molar-refractivity contribution in [2.75, 3.05) is 31.7 Å². The molecule has 1 fully saturated rings. The standard InChI is InChI=1S/C12H18N4O2/c1-18-9-12(17)14-8-10-13-5-4-11(15-10)16-6-2-3-7-16/h4-5H,2-3,6-9H2,1H3,(H,14,17). The van der Waals surface area contributed by atoms with Gasteiger partial charge >= 0.3 is 0 Å². The third-order valence-corrected chi connectivity index (χ3v) is 2.84. The van der Waals surface area contributed by atoms with Gasteiger partial charge < -0.3 is 15.0 Å². The Morgan fingerprint density at radius 2 is 2.28 bits per heavy atom. The van der Waals surface area contributed by atoms with Crippen molar-refractivity contribution < 1.29 is 9.53 Å². The topological polar surface area (TPSA) is 67.3 Å². The fourth-order valence-corrected chi connectivity index (χ4v) is 1.96. The summed E-state index contributed by atoms with van der Waals surface area (Å²) < 4.78 is 4.74. The van der Waals surface area contributed by atoms with Crippen molar-refractivity contribution in [2.24, 2.45) is 0 Å². The lowest BCUT2D eigenvalue weighted by molar-refractivity contribution is -0.124. The van der Waals surface area contributed by atoms with Crippen LogP contribution in [0.4, 0.5) is 5.82 Å². The van der Waals surface area contributed by atoms with Gasteiger partial charge in [0.05, 0.1) is 6.54 Å². The molecule has 2 rings (SSSR count). The molecule has 0 radical (unpaired) electrons. The number of amides is 1. The van der Waals surface area contributed by atoms with Crippen LogP contribution in [-0.4, -0.2) is 42.7 Å². The average molecular weight is 250 g/mol. The summed E-state index contributed by atoms with van der Waals surface area (Å²) >= 11 is 0. The van der Waals surface area contributed by atoms with Gasteiger partial charge in [0, 0.05) is 26.4 Å². The second-order valence-corrected chi connectivity index (χ2v) is 4.23. The van der Waals surface area contributed by atoms with Gasteiger partial charge in [-0.15, -0.1) is 0 Å². The maximum Gasteiger partial charge on any atom is 0.246 e. The number of rotatable bonds is 5. The van der Waals surface area contributed by atoms with Crippen LogP contribution in [0.2, 0.25) is 0 Å². The van der Waals surface area contributed by atoms with Crippen molar-refractivity contribution in [3.05, 3.63) is 18.1 Å². The average Bonchev–Trinajstić information content (AvgIpc) is 2.91. The van der Waals surface area contributed by atoms with E-state index in [1.165, 1.54) is 20.0 Å². The minimum Gasteiger partial charge on any atom is -0.375 e. The second-order valence-electron chi connectivity index (χ2n) is 4.23. The summed E-state index contributed by atoms with van der Waals surface area (Å²) in [7, 11) is 1.49. The zero-order chi connectivity index (χ0) is 12.8. The number of ether oxygens (including phenoxy) is 1. The van der Waals surface area contributed by atoms with E-state index in [9.17, 15) is 4.79 Å². The summed E-state index contributed by atoms with van der Waals surface area (Å²) in [4.78, 5) is 22.1. The lowest BCUT2D eigenvalue weighted by Crippen LogP contribution is -2.28. The van der Waals surface area contributed by atoms with Crippen molar-refractivity contribution in [1.82, 2.24) is 15.3 Å². The largest absolute Gasteiger partial charge is 0.375 e. The molecule has 1 aromatic rings. The Hall–Kier alpha value is -1.69. The van der Waals surface area contributed by atoms with E-state index >= 15 is 0 Å². The van der Waals surface area contributed by atoms with E-state index in [1.807, 2.05) is 6.07 Å². The number of hydrogen-bond acceptors (Lipinski definition) is 5. The molecule has 0 atom stereocenters. The van der Waals surface area contributed by atoms with E-state index in [4.69, 9.17) is 4.74 Å². The summed E-state index contributed by atoms with van der Waals surface area (Å²) in [6.45, 7) is 2.49. The third-order valence-electron chi connectivity index (χ3n) is 2.84. The van der Waals surface area contributed by atoms with E-state index in [2.05, 4.69) is 20.2 Å². The zero-order valence-electron chi connectivity index (χ0n) is 10.6. The summed E-state index contributed by atoms with van der Waals surface area (Å²) in [6, 6.07) is 1.91. The molecule has 1 aliphatic heterocycles. The third kappa shape index (κ3) is 3.40. The SMILES string of the molecule is COCC(=O)NCc1nccc(N2CCCC2)n1. The molecule has 98 valence electrons. The van der Waals surface area contributed by atoms with Crippen LogP contribution in [0.15, 0.2) is 12.3 Å². The van der Waals surface area contributed by atoms with E-state index < -0.39 is 0 Å². The zero-order valence-corrected chi connectivity index (χ0v) is 10.6. The maximum absolute atomic E-state index is 11.3. The lowest BCUT2D eigenvalue weighted by atomic mass is 10.4. The molecule has 1 saturated heterocycles. The minimum atomic E-state index is -0.160. The predicted molar refractivity (Wildman–Crippen MR) is 67.2 cm³/mol. The van der Waals surface area contributed by atoms with Crippen LogP contribution in [0.5, 0.6) is 0 Å². The fraction of sp³-hybridized carbons (Fsp3) is 0.583. The van der Waals surface area contributed by atoms with E-state index in [1.54, 1.807) is 6.20 Å². The number of methoxy groups -OCH3 is 1. The molecule has 1 amide bonds. The van der Waals surface area contributed by atoms with Crippen LogP contribution in [0.3, 0.4) is 0 Å². The first-order chi connectivity index (χ1) is 8.79. The van der Waals surface area contributed by atoms with Gasteiger partial charge in [-0.1, -0.05) is 0 Å². The van der Waals surface area contributed by atoms with Crippen LogP contribution in [0.25, 0.3) is 0 Å². The summed E-state index contributed by atoms with van der Waals surface area (Å²) in [5.74, 6) is 1.41. The number of nitrogens with one attached hydrogen (secondary N) is 1. The van der Waals surface area contributed by atoms with Gasteiger partial charge in [0.15, 0.2) is 0 Å². The number of carbonyl (C=O) groups excluding carboxylic acids is 1. The highest BCUT2D eigenvalue weighted by atomic mass is 16.5. The molecule has 2 heterocycles. The Bertz CT molecular complexity index is 405. The quantitative estimate of drug-likeness (QED) is 0.816. The van der Waals surface area contributed by atoms with Crippen LogP contribution in [0.1, 0.15) is 18.7 Å². The van der Waals surface area contributed by atoms with Gasteiger partial charge in [-0.3, -0.25) is 4.79 Å². The molecule has 0 unspecified atom stereocenters. The summed E-state index contributed by atoms with van der Waals surface area (Å²) in [6.07, 6.45) is 4.16. The van der Waals surface area contributed by atoms with Crippen LogP contribution >= 0.6 is 0 Å². The number of nitrogens with zero attached hydrogens (tertiary/aromatic N) is 3. The second kappa shape index (κ2) is 6.30. The Morgan fingerprint density at radius 3 is 3.00 bits per heavy atom. The molecular weight excluding hydrogens is 232 g/mol. The summed E-state index contributed by atoms with van der Waals surface area (Å²) in [5, 5.41) is 2.71. The monoisotopic (exact) mass is 250 g/mol. The first-order valence-electron chi connectivity index (χ1n) is 6.12. The highest BCUT2D eigenvalue weighted by Crippen LogP contribution is 2.16. The Labute approximate surface area is 106 Å². The molecule has 6 nitrogen and oxygen atoms in total. The van der Waals surface area contributed by atoms with E-state index in [-0.39, 0.29) is 12.5 Å². The molecule has 1 N–H and O–H groups in total. The molecule has 6 heteroatoms. The van der Waals surface area contributed by atoms with Gasteiger partial charge in [0.2, 0.25) is 5.91 Å². The van der Waals surface area contributed by atoms with Gasteiger partial charge in [0.1, 0.15) is 18.2 Å². The first kappa shape index (κ1) is 12.8. The van der Waals surface area contributed by atoms with Crippen molar-refractivity contribution in [3.63, 3.8) is 0 Å². The van der Waals surface area contributed by atoms with Crippen molar-refractivity contribution in [1.29, 1.82) is 0 Å². The van der Waals surface area contributed by atoms with Gasteiger partial charge in [-0.2, -0.15) is 0 Å². The van der Waals surface area contributed by atoms with Crippen molar-refractivity contribution in [3.8, 4) is 0 Å². The highest BCUT2D eigenvalue weighted by molar-refractivity contribution is 5.77. The fourth-order valence-electron chi connectivity index (χ4n) is 1.96.